The van der Waals surface area contributed by atoms with E-state index in [9.17, 15) is 4.79 Å². The second-order valence-electron chi connectivity index (χ2n) is 3.71. The third-order valence-corrected chi connectivity index (χ3v) is 2.94. The summed E-state index contributed by atoms with van der Waals surface area (Å²) in [6, 6.07) is 3.40. The third-order valence-electron chi connectivity index (χ3n) is 2.74. The minimum Gasteiger partial charge on any atom is -0.294 e. The average Bonchev–Trinajstić information content (AvgIpc) is 2.69. The van der Waals surface area contributed by atoms with Gasteiger partial charge in [0.05, 0.1) is 0 Å². The first-order valence-electron chi connectivity index (χ1n) is 4.93. The predicted molar refractivity (Wildman–Crippen MR) is 55.5 cm³/mol. The first-order chi connectivity index (χ1) is 6.77. The lowest BCUT2D eigenvalue weighted by atomic mass is 9.97. The van der Waals surface area contributed by atoms with Crippen molar-refractivity contribution < 1.29 is 4.79 Å². The third kappa shape index (κ3) is 1.95. The molecule has 1 fully saturated rings. The van der Waals surface area contributed by atoms with Crippen molar-refractivity contribution in [1.82, 2.24) is 4.98 Å². The van der Waals surface area contributed by atoms with Crippen LogP contribution in [0.5, 0.6) is 0 Å². The number of pyridine rings is 1. The molecule has 1 saturated carbocycles. The molecule has 0 amide bonds. The highest BCUT2D eigenvalue weighted by molar-refractivity contribution is 6.29. The van der Waals surface area contributed by atoms with E-state index in [0.29, 0.717) is 10.7 Å². The van der Waals surface area contributed by atoms with Crippen LogP contribution in [0, 0.1) is 5.92 Å². The molecule has 3 heteroatoms. The highest BCUT2D eigenvalue weighted by Crippen LogP contribution is 2.28. The van der Waals surface area contributed by atoms with Crippen molar-refractivity contribution in [3.05, 3.63) is 29.0 Å². The molecular formula is C11H12ClNO. The molecule has 0 saturated heterocycles. The van der Waals surface area contributed by atoms with Crippen molar-refractivity contribution in [2.75, 3.05) is 0 Å². The fourth-order valence-corrected chi connectivity index (χ4v) is 2.15. The van der Waals surface area contributed by atoms with E-state index < -0.39 is 0 Å². The van der Waals surface area contributed by atoms with Crippen LogP contribution in [0.1, 0.15) is 36.0 Å². The summed E-state index contributed by atoms with van der Waals surface area (Å²) < 4.78 is 0. The predicted octanol–water partition coefficient (Wildman–Crippen LogP) is 3.11. The van der Waals surface area contributed by atoms with Crippen LogP contribution in [0.25, 0.3) is 0 Å². The molecule has 0 radical (unpaired) electrons. The number of ketones is 1. The van der Waals surface area contributed by atoms with E-state index in [1.165, 1.54) is 12.8 Å². The molecule has 74 valence electrons. The lowest BCUT2D eigenvalue weighted by Gasteiger charge is -2.07. The Morgan fingerprint density at radius 1 is 1.43 bits per heavy atom. The van der Waals surface area contributed by atoms with Gasteiger partial charge in [-0.1, -0.05) is 24.4 Å². The highest BCUT2D eigenvalue weighted by Gasteiger charge is 2.23. The Balaban J connectivity index is 2.17. The van der Waals surface area contributed by atoms with Gasteiger partial charge in [-0.15, -0.1) is 0 Å². The molecule has 2 nitrogen and oxygen atoms in total. The van der Waals surface area contributed by atoms with Gasteiger partial charge < -0.3 is 0 Å². The van der Waals surface area contributed by atoms with Crippen LogP contribution in [0.15, 0.2) is 18.3 Å². The summed E-state index contributed by atoms with van der Waals surface area (Å²) in [4.78, 5) is 15.8. The molecule has 1 aliphatic carbocycles. The molecule has 0 atom stereocenters. The summed E-state index contributed by atoms with van der Waals surface area (Å²) in [5.41, 5.74) is 0.705. The highest BCUT2D eigenvalue weighted by atomic mass is 35.5. The molecule has 0 unspecified atom stereocenters. The standard InChI is InChI=1S/C11H12ClNO/c12-10-7-9(5-6-13-10)11(14)8-3-1-2-4-8/h5-8H,1-4H2. The van der Waals surface area contributed by atoms with Gasteiger partial charge in [0.25, 0.3) is 0 Å². The second-order valence-corrected chi connectivity index (χ2v) is 4.10. The molecule has 0 N–H and O–H groups in total. The monoisotopic (exact) mass is 209 g/mol. The number of Topliss-reactive ketones (excluding diaryl/α,β-unsaturated/α-hetero) is 1. The number of carbonyl (C=O) groups is 1. The molecular weight excluding hydrogens is 198 g/mol. The largest absolute Gasteiger partial charge is 0.294 e. The van der Waals surface area contributed by atoms with Gasteiger partial charge in [-0.05, 0) is 25.0 Å². The van der Waals surface area contributed by atoms with Crippen LogP contribution < -0.4 is 0 Å². The molecule has 14 heavy (non-hydrogen) atoms. The second kappa shape index (κ2) is 4.09. The van der Waals surface area contributed by atoms with Crippen molar-refractivity contribution in [2.45, 2.75) is 25.7 Å². The molecule has 1 aromatic rings. The van der Waals surface area contributed by atoms with Gasteiger partial charge in [0.15, 0.2) is 5.78 Å². The maximum Gasteiger partial charge on any atom is 0.166 e. The Kier molecular flexibility index (Phi) is 2.82. The minimum absolute atomic E-state index is 0.216. The van der Waals surface area contributed by atoms with Gasteiger partial charge >= 0.3 is 0 Å². The Morgan fingerprint density at radius 3 is 2.79 bits per heavy atom. The first kappa shape index (κ1) is 9.66. The Morgan fingerprint density at radius 2 is 2.14 bits per heavy atom. The van der Waals surface area contributed by atoms with Crippen LogP contribution in [0.2, 0.25) is 5.15 Å². The molecule has 1 heterocycles. The van der Waals surface area contributed by atoms with E-state index in [-0.39, 0.29) is 11.7 Å². The van der Waals surface area contributed by atoms with E-state index in [1.807, 2.05) is 0 Å². The number of hydrogen-bond donors (Lipinski definition) is 0. The number of nitrogens with zero attached hydrogens (tertiary/aromatic N) is 1. The summed E-state index contributed by atoms with van der Waals surface area (Å²) in [6.07, 6.45) is 5.99. The summed E-state index contributed by atoms with van der Waals surface area (Å²) in [6.45, 7) is 0. The van der Waals surface area contributed by atoms with Crippen molar-refractivity contribution in [2.24, 2.45) is 5.92 Å². The molecule has 0 spiro atoms. The van der Waals surface area contributed by atoms with E-state index >= 15 is 0 Å². The quantitative estimate of drug-likeness (QED) is 0.554. The number of rotatable bonds is 2. The SMILES string of the molecule is O=C(c1ccnc(Cl)c1)C1CCCC1. The maximum atomic E-state index is 11.9. The van der Waals surface area contributed by atoms with E-state index in [1.54, 1.807) is 18.3 Å². The number of hydrogen-bond acceptors (Lipinski definition) is 2. The minimum atomic E-state index is 0.216. The molecule has 2 rings (SSSR count). The van der Waals surface area contributed by atoms with E-state index in [2.05, 4.69) is 4.98 Å². The van der Waals surface area contributed by atoms with Gasteiger partial charge in [0.1, 0.15) is 5.15 Å². The fourth-order valence-electron chi connectivity index (χ4n) is 1.98. The summed E-state index contributed by atoms with van der Waals surface area (Å²) >= 11 is 5.73. The summed E-state index contributed by atoms with van der Waals surface area (Å²) in [5, 5.41) is 0.397. The Hall–Kier alpha value is -0.890. The maximum absolute atomic E-state index is 11.9. The van der Waals surface area contributed by atoms with Gasteiger partial charge in [-0.25, -0.2) is 4.98 Å². The summed E-state index contributed by atoms with van der Waals surface area (Å²) in [7, 11) is 0. The van der Waals surface area contributed by atoms with Crippen LogP contribution in [-0.2, 0) is 0 Å². The zero-order chi connectivity index (χ0) is 9.97. The van der Waals surface area contributed by atoms with Crippen LogP contribution in [0.3, 0.4) is 0 Å². The Labute approximate surface area is 88.3 Å². The molecule has 1 aliphatic rings. The van der Waals surface area contributed by atoms with Crippen LogP contribution >= 0.6 is 11.6 Å². The van der Waals surface area contributed by atoms with Gasteiger partial charge in [0, 0.05) is 17.7 Å². The van der Waals surface area contributed by atoms with E-state index in [4.69, 9.17) is 11.6 Å². The van der Waals surface area contributed by atoms with Crippen molar-refractivity contribution in [3.8, 4) is 0 Å². The van der Waals surface area contributed by atoms with Gasteiger partial charge in [0.2, 0.25) is 0 Å². The smallest absolute Gasteiger partial charge is 0.166 e. The zero-order valence-electron chi connectivity index (χ0n) is 7.87. The van der Waals surface area contributed by atoms with E-state index in [0.717, 1.165) is 12.8 Å². The van der Waals surface area contributed by atoms with Gasteiger partial charge in [-0.2, -0.15) is 0 Å². The van der Waals surface area contributed by atoms with Gasteiger partial charge in [-0.3, -0.25) is 4.79 Å². The van der Waals surface area contributed by atoms with Crippen molar-refractivity contribution in [1.29, 1.82) is 0 Å². The average molecular weight is 210 g/mol. The fraction of sp³-hybridized carbons (Fsp3) is 0.455. The number of aromatic nitrogens is 1. The first-order valence-corrected chi connectivity index (χ1v) is 5.31. The molecule has 0 aliphatic heterocycles. The Bertz CT molecular complexity index is 345. The normalized spacial score (nSPS) is 17.2. The lowest BCUT2D eigenvalue weighted by molar-refractivity contribution is 0.0923. The topological polar surface area (TPSA) is 30.0 Å². The molecule has 0 bridgehead atoms. The number of halogens is 1. The van der Waals surface area contributed by atoms with Crippen molar-refractivity contribution in [3.63, 3.8) is 0 Å². The van der Waals surface area contributed by atoms with Crippen molar-refractivity contribution >= 4 is 17.4 Å². The molecule has 0 aromatic carbocycles. The number of carbonyl (C=O) groups excluding carboxylic acids is 1. The van der Waals surface area contributed by atoms with Crippen LogP contribution in [-0.4, -0.2) is 10.8 Å². The molecule has 1 aromatic heterocycles. The zero-order valence-corrected chi connectivity index (χ0v) is 8.63. The lowest BCUT2D eigenvalue weighted by Crippen LogP contribution is -2.10. The van der Waals surface area contributed by atoms with Crippen LogP contribution in [0.4, 0.5) is 0 Å². The summed E-state index contributed by atoms with van der Waals surface area (Å²) in [5.74, 6) is 0.445.